The fourth-order valence-electron chi connectivity index (χ4n) is 1.23. The summed E-state index contributed by atoms with van der Waals surface area (Å²) in [6, 6.07) is 0. The van der Waals surface area contributed by atoms with Gasteiger partial charge in [-0.05, 0) is 6.61 Å². The largest absolute Gasteiger partial charge is 0.451 e. The Hall–Kier alpha value is -1.15. The van der Waals surface area contributed by atoms with Crippen LogP contribution in [0.5, 0.6) is 0 Å². The van der Waals surface area contributed by atoms with Crippen molar-refractivity contribution in [3.05, 3.63) is 35.8 Å². The Morgan fingerprint density at radius 3 is 3.36 bits per heavy atom. The van der Waals surface area contributed by atoms with E-state index in [1.54, 1.807) is 12.5 Å². The second-order valence-electron chi connectivity index (χ2n) is 2.73. The lowest BCUT2D eigenvalue weighted by atomic mass is 9.95. The first-order valence-corrected chi connectivity index (χ1v) is 3.54. The first kappa shape index (κ1) is 6.55. The molecule has 1 heterocycles. The molecule has 0 N–H and O–H groups in total. The van der Waals surface area contributed by atoms with Gasteiger partial charge in [-0.3, -0.25) is 0 Å². The zero-order chi connectivity index (χ0) is 7.84. The molecular weight excluding hydrogens is 140 g/mol. The van der Waals surface area contributed by atoms with Gasteiger partial charge in [-0.15, -0.1) is 13.0 Å². The molecule has 2 heteroatoms. The SMILES string of the molecule is CC1=C2[CH-]C(=O)C=C[C-]2OC1. The van der Waals surface area contributed by atoms with Crippen molar-refractivity contribution in [2.24, 2.45) is 0 Å². The third kappa shape index (κ3) is 0.955. The van der Waals surface area contributed by atoms with Gasteiger partial charge < -0.3 is 9.53 Å². The second-order valence-corrected chi connectivity index (χ2v) is 2.73. The molecule has 2 aliphatic rings. The van der Waals surface area contributed by atoms with Gasteiger partial charge in [0.1, 0.15) is 0 Å². The number of rotatable bonds is 0. The summed E-state index contributed by atoms with van der Waals surface area (Å²) in [6.45, 7) is 2.60. The molecule has 2 rings (SSSR count). The van der Waals surface area contributed by atoms with Gasteiger partial charge in [0.25, 0.3) is 0 Å². The zero-order valence-electron chi connectivity index (χ0n) is 6.26. The van der Waals surface area contributed by atoms with Gasteiger partial charge >= 0.3 is 0 Å². The van der Waals surface area contributed by atoms with Crippen LogP contribution in [-0.2, 0) is 9.53 Å². The highest BCUT2D eigenvalue weighted by molar-refractivity contribution is 6.02. The standard InChI is InChI=1S/C9H8O2/c1-6-5-11-9-3-2-7(10)4-8(6)9/h2-4H,5H2,1H3/q-2. The average Bonchev–Trinajstić information content (AvgIpc) is 2.33. The van der Waals surface area contributed by atoms with E-state index in [1.807, 2.05) is 6.92 Å². The molecule has 0 bridgehead atoms. The molecule has 0 unspecified atom stereocenters. The Balaban J connectivity index is 2.36. The molecule has 0 saturated heterocycles. The smallest absolute Gasteiger partial charge is 0.0179 e. The van der Waals surface area contributed by atoms with Crippen molar-refractivity contribution < 1.29 is 9.53 Å². The molecular formula is C9H8O2-2. The minimum absolute atomic E-state index is 0.0496. The van der Waals surface area contributed by atoms with Crippen molar-refractivity contribution in [2.45, 2.75) is 6.92 Å². The third-order valence-corrected chi connectivity index (χ3v) is 1.85. The minimum atomic E-state index is 0.0496. The van der Waals surface area contributed by atoms with E-state index in [2.05, 4.69) is 0 Å². The lowest BCUT2D eigenvalue weighted by Gasteiger charge is -2.30. The molecule has 11 heavy (non-hydrogen) atoms. The maximum Gasteiger partial charge on any atom is 0.0179 e. The number of carbonyl (C=O) groups is 1. The van der Waals surface area contributed by atoms with E-state index in [1.165, 1.54) is 6.08 Å². The Bertz CT molecular complexity index is 261. The van der Waals surface area contributed by atoms with Gasteiger partial charge in [-0.1, -0.05) is 0 Å². The third-order valence-electron chi connectivity index (χ3n) is 1.85. The van der Waals surface area contributed by atoms with Gasteiger partial charge in [0.15, 0.2) is 0 Å². The Labute approximate surface area is 65.5 Å². The van der Waals surface area contributed by atoms with Crippen molar-refractivity contribution in [3.8, 4) is 0 Å². The molecule has 0 aromatic heterocycles. The summed E-state index contributed by atoms with van der Waals surface area (Å²) in [5.41, 5.74) is 2.11. The highest BCUT2D eigenvalue weighted by atomic mass is 16.5. The van der Waals surface area contributed by atoms with Crippen molar-refractivity contribution in [3.63, 3.8) is 0 Å². The summed E-state index contributed by atoms with van der Waals surface area (Å²) >= 11 is 0. The molecule has 0 saturated carbocycles. The molecule has 0 amide bonds. The van der Waals surface area contributed by atoms with Crippen LogP contribution in [0, 0.1) is 12.5 Å². The number of hydrogen-bond acceptors (Lipinski definition) is 2. The minimum Gasteiger partial charge on any atom is -0.451 e. The Morgan fingerprint density at radius 2 is 2.55 bits per heavy atom. The van der Waals surface area contributed by atoms with E-state index >= 15 is 0 Å². The molecule has 0 radical (unpaired) electrons. The average molecular weight is 148 g/mol. The van der Waals surface area contributed by atoms with E-state index in [4.69, 9.17) is 4.74 Å². The lowest BCUT2D eigenvalue weighted by Crippen LogP contribution is -2.08. The fraction of sp³-hybridized carbons (Fsp3) is 0.222. The first-order valence-electron chi connectivity index (χ1n) is 3.54. The molecule has 1 aliphatic heterocycles. The molecule has 0 spiro atoms. The summed E-state index contributed by atoms with van der Waals surface area (Å²) < 4.78 is 5.29. The number of allylic oxidation sites excluding steroid dienone is 1. The van der Waals surface area contributed by atoms with Crippen LogP contribution in [0.1, 0.15) is 6.92 Å². The summed E-state index contributed by atoms with van der Waals surface area (Å²) in [4.78, 5) is 10.9. The molecule has 1 aliphatic carbocycles. The molecule has 58 valence electrons. The number of carbonyl (C=O) groups excluding carboxylic acids is 1. The van der Waals surface area contributed by atoms with E-state index in [9.17, 15) is 4.79 Å². The quantitative estimate of drug-likeness (QED) is 0.482. The number of hydrogen-bond donors (Lipinski definition) is 0. The molecule has 0 fully saturated rings. The summed E-state index contributed by atoms with van der Waals surface area (Å²) in [5, 5.41) is 0. The van der Waals surface area contributed by atoms with E-state index in [0.717, 1.165) is 17.3 Å². The van der Waals surface area contributed by atoms with Gasteiger partial charge in [-0.25, -0.2) is 11.1 Å². The number of ether oxygens (including phenoxy) is 1. The Morgan fingerprint density at radius 1 is 1.73 bits per heavy atom. The van der Waals surface area contributed by atoms with Crippen molar-refractivity contribution in [1.29, 1.82) is 0 Å². The molecule has 0 aromatic carbocycles. The summed E-state index contributed by atoms with van der Waals surface area (Å²) in [7, 11) is 0. The topological polar surface area (TPSA) is 26.3 Å². The van der Waals surface area contributed by atoms with Crippen LogP contribution < -0.4 is 0 Å². The van der Waals surface area contributed by atoms with Crippen LogP contribution in [0.15, 0.2) is 23.3 Å². The van der Waals surface area contributed by atoms with E-state index in [-0.39, 0.29) is 5.78 Å². The maximum absolute atomic E-state index is 10.9. The van der Waals surface area contributed by atoms with Crippen LogP contribution in [0.3, 0.4) is 0 Å². The van der Waals surface area contributed by atoms with E-state index in [0.29, 0.717) is 6.61 Å². The summed E-state index contributed by atoms with van der Waals surface area (Å²) in [6.07, 6.45) is 5.71. The normalized spacial score (nSPS) is 22.3. The van der Waals surface area contributed by atoms with Crippen LogP contribution >= 0.6 is 0 Å². The van der Waals surface area contributed by atoms with Crippen LogP contribution in [0.4, 0.5) is 0 Å². The monoisotopic (exact) mass is 148 g/mol. The van der Waals surface area contributed by atoms with E-state index < -0.39 is 0 Å². The lowest BCUT2D eigenvalue weighted by molar-refractivity contribution is -0.111. The van der Waals surface area contributed by atoms with Crippen molar-refractivity contribution in [1.82, 2.24) is 0 Å². The highest BCUT2D eigenvalue weighted by Crippen LogP contribution is 2.32. The van der Waals surface area contributed by atoms with Crippen molar-refractivity contribution >= 4 is 5.78 Å². The van der Waals surface area contributed by atoms with Gasteiger partial charge in [0, 0.05) is 5.78 Å². The van der Waals surface area contributed by atoms with Crippen LogP contribution in [-0.4, -0.2) is 12.4 Å². The van der Waals surface area contributed by atoms with Crippen LogP contribution in [0.25, 0.3) is 0 Å². The zero-order valence-corrected chi connectivity index (χ0v) is 6.26. The molecule has 0 atom stereocenters. The Kier molecular flexibility index (Phi) is 1.29. The van der Waals surface area contributed by atoms with Crippen molar-refractivity contribution in [2.75, 3.05) is 6.61 Å². The van der Waals surface area contributed by atoms with Gasteiger partial charge in [-0.2, -0.15) is 18.6 Å². The van der Waals surface area contributed by atoms with Gasteiger partial charge in [0.05, 0.1) is 0 Å². The maximum atomic E-state index is 10.9. The molecule has 2 nitrogen and oxygen atoms in total. The van der Waals surface area contributed by atoms with Gasteiger partial charge in [0.2, 0.25) is 0 Å². The first-order chi connectivity index (χ1) is 5.27. The summed E-state index contributed by atoms with van der Waals surface area (Å²) in [5.74, 6) is 0.0496. The highest BCUT2D eigenvalue weighted by Gasteiger charge is 2.09. The second kappa shape index (κ2) is 2.17. The van der Waals surface area contributed by atoms with Crippen LogP contribution in [0.2, 0.25) is 0 Å². The fourth-order valence-corrected chi connectivity index (χ4v) is 1.23. The molecule has 0 aromatic rings. The number of fused-ring (bicyclic) bond motifs is 1. The number of ketones is 1. The predicted molar refractivity (Wildman–Crippen MR) is 40.3 cm³/mol. The predicted octanol–water partition coefficient (Wildman–Crippen LogP) is 1.21.